The van der Waals surface area contributed by atoms with Crippen molar-refractivity contribution in [1.29, 1.82) is 0 Å². The third kappa shape index (κ3) is 2.76. The maximum atomic E-state index is 12.8. The Morgan fingerprint density at radius 2 is 2.24 bits per heavy atom. The summed E-state index contributed by atoms with van der Waals surface area (Å²) in [7, 11) is -3.40. The molecule has 1 saturated heterocycles. The largest absolute Gasteiger partial charge is 0.464 e. The Balaban J connectivity index is 1.79. The van der Waals surface area contributed by atoms with Gasteiger partial charge < -0.3 is 9.73 Å². The predicted octanol–water partition coefficient (Wildman–Crippen LogP) is 2.26. The van der Waals surface area contributed by atoms with Crippen LogP contribution >= 0.6 is 0 Å². The van der Waals surface area contributed by atoms with Crippen molar-refractivity contribution in [1.82, 2.24) is 9.62 Å². The zero-order valence-corrected chi connectivity index (χ0v) is 13.6. The first-order chi connectivity index (χ1) is 10.0. The van der Waals surface area contributed by atoms with Crippen LogP contribution in [0.2, 0.25) is 0 Å². The van der Waals surface area contributed by atoms with Crippen LogP contribution < -0.4 is 5.32 Å². The zero-order chi connectivity index (χ0) is 15.0. The summed E-state index contributed by atoms with van der Waals surface area (Å²) >= 11 is 0. The predicted molar refractivity (Wildman–Crippen MR) is 80.5 cm³/mol. The van der Waals surface area contributed by atoms with Crippen molar-refractivity contribution in [3.63, 3.8) is 0 Å². The molecule has 0 amide bonds. The van der Waals surface area contributed by atoms with E-state index in [1.165, 1.54) is 6.42 Å². The van der Waals surface area contributed by atoms with E-state index in [4.69, 9.17) is 4.42 Å². The maximum absolute atomic E-state index is 12.8. The number of fused-ring (bicyclic) bond motifs is 2. The molecule has 3 rings (SSSR count). The molecule has 118 valence electrons. The lowest BCUT2D eigenvalue weighted by atomic mass is 10.1. The molecule has 1 aromatic heterocycles. The number of nitrogens with zero attached hydrogens (tertiary/aromatic N) is 1. The Hall–Kier alpha value is -0.850. The molecule has 1 N–H and O–H groups in total. The molecule has 2 atom stereocenters. The van der Waals surface area contributed by atoms with Crippen molar-refractivity contribution in [2.24, 2.45) is 5.92 Å². The SMILES string of the molecule is CCCNCc1cc(S(=O)(=O)N2CC3CCC2C3)c(C)o1. The van der Waals surface area contributed by atoms with E-state index in [2.05, 4.69) is 12.2 Å². The van der Waals surface area contributed by atoms with Crippen LogP contribution in [0.1, 0.15) is 44.1 Å². The number of piperidine rings is 1. The molecule has 0 radical (unpaired) electrons. The van der Waals surface area contributed by atoms with E-state index >= 15 is 0 Å². The zero-order valence-electron chi connectivity index (χ0n) is 12.8. The first-order valence-electron chi connectivity index (χ1n) is 7.84. The van der Waals surface area contributed by atoms with Crippen molar-refractivity contribution >= 4 is 10.0 Å². The van der Waals surface area contributed by atoms with E-state index in [9.17, 15) is 8.42 Å². The summed E-state index contributed by atoms with van der Waals surface area (Å²) in [6.45, 7) is 6.00. The van der Waals surface area contributed by atoms with Gasteiger partial charge in [0.15, 0.2) is 0 Å². The Morgan fingerprint density at radius 3 is 2.86 bits per heavy atom. The van der Waals surface area contributed by atoms with E-state index in [1.807, 2.05) is 0 Å². The van der Waals surface area contributed by atoms with Crippen LogP contribution in [0.4, 0.5) is 0 Å². The molecule has 0 spiro atoms. The van der Waals surface area contributed by atoms with Crippen LogP contribution in [0.15, 0.2) is 15.4 Å². The molecule has 2 bridgehead atoms. The van der Waals surface area contributed by atoms with Crippen LogP contribution in [0.5, 0.6) is 0 Å². The second-order valence-electron chi connectivity index (χ2n) is 6.22. The Bertz CT molecular complexity index is 608. The lowest BCUT2D eigenvalue weighted by molar-refractivity contribution is 0.332. The fraction of sp³-hybridized carbons (Fsp3) is 0.733. The third-order valence-corrected chi connectivity index (χ3v) is 6.62. The van der Waals surface area contributed by atoms with Gasteiger partial charge in [0.25, 0.3) is 0 Å². The smallest absolute Gasteiger partial charge is 0.246 e. The minimum atomic E-state index is -3.40. The maximum Gasteiger partial charge on any atom is 0.246 e. The molecule has 1 aliphatic heterocycles. The highest BCUT2D eigenvalue weighted by Gasteiger charge is 2.45. The number of hydrogen-bond acceptors (Lipinski definition) is 4. The highest BCUT2D eigenvalue weighted by molar-refractivity contribution is 7.89. The van der Waals surface area contributed by atoms with Gasteiger partial charge in [0.2, 0.25) is 10.0 Å². The summed E-state index contributed by atoms with van der Waals surface area (Å²) in [4.78, 5) is 0.350. The summed E-state index contributed by atoms with van der Waals surface area (Å²) in [5.41, 5.74) is 0. The average Bonchev–Trinajstić information content (AvgIpc) is 3.14. The number of sulfonamides is 1. The summed E-state index contributed by atoms with van der Waals surface area (Å²) < 4.78 is 33.0. The van der Waals surface area contributed by atoms with Gasteiger partial charge in [-0.25, -0.2) is 8.42 Å². The molecule has 2 aliphatic rings. The van der Waals surface area contributed by atoms with Crippen molar-refractivity contribution in [2.45, 2.75) is 57.0 Å². The molecule has 0 aromatic carbocycles. The van der Waals surface area contributed by atoms with Gasteiger partial charge in [0.05, 0.1) is 6.54 Å². The lowest BCUT2D eigenvalue weighted by Gasteiger charge is -2.25. The summed E-state index contributed by atoms with van der Waals surface area (Å²) in [5, 5.41) is 3.24. The van der Waals surface area contributed by atoms with Crippen molar-refractivity contribution in [3.8, 4) is 0 Å². The minimum Gasteiger partial charge on any atom is -0.464 e. The molecule has 2 unspecified atom stereocenters. The second-order valence-corrected chi connectivity index (χ2v) is 8.08. The third-order valence-electron chi connectivity index (χ3n) is 4.59. The number of aryl methyl sites for hydroxylation is 1. The van der Waals surface area contributed by atoms with Gasteiger partial charge in [-0.2, -0.15) is 4.31 Å². The molecule has 5 nitrogen and oxygen atoms in total. The molecule has 6 heteroatoms. The first kappa shape index (κ1) is 15.1. The van der Waals surface area contributed by atoms with E-state index in [1.54, 1.807) is 17.3 Å². The van der Waals surface area contributed by atoms with Crippen LogP contribution in [-0.2, 0) is 16.6 Å². The fourth-order valence-electron chi connectivity index (χ4n) is 3.56. The standard InChI is InChI=1S/C15H24N2O3S/c1-3-6-16-9-14-8-15(11(2)20-14)21(18,19)17-10-12-4-5-13(17)7-12/h8,12-13,16H,3-7,9-10H2,1-2H3. The van der Waals surface area contributed by atoms with Gasteiger partial charge in [0, 0.05) is 18.7 Å². The fourth-order valence-corrected chi connectivity index (χ4v) is 5.49. The summed E-state index contributed by atoms with van der Waals surface area (Å²) in [5.74, 6) is 1.76. The highest BCUT2D eigenvalue weighted by Crippen LogP contribution is 2.41. The Kier molecular flexibility index (Phi) is 4.12. The number of hydrogen-bond donors (Lipinski definition) is 1. The van der Waals surface area contributed by atoms with Gasteiger partial charge in [0.1, 0.15) is 16.4 Å². The van der Waals surface area contributed by atoms with Crippen molar-refractivity contribution < 1.29 is 12.8 Å². The Morgan fingerprint density at radius 1 is 1.43 bits per heavy atom. The number of rotatable bonds is 6. The summed E-state index contributed by atoms with van der Waals surface area (Å²) in [6.07, 6.45) is 4.25. The van der Waals surface area contributed by atoms with Crippen LogP contribution in [0.3, 0.4) is 0 Å². The molecular weight excluding hydrogens is 288 g/mol. The van der Waals surface area contributed by atoms with E-state index < -0.39 is 10.0 Å². The van der Waals surface area contributed by atoms with Crippen LogP contribution in [0, 0.1) is 12.8 Å². The van der Waals surface area contributed by atoms with Crippen LogP contribution in [-0.4, -0.2) is 31.9 Å². The lowest BCUT2D eigenvalue weighted by Crippen LogP contribution is -2.37. The topological polar surface area (TPSA) is 62.6 Å². The van der Waals surface area contributed by atoms with Crippen molar-refractivity contribution in [2.75, 3.05) is 13.1 Å². The van der Waals surface area contributed by atoms with Crippen LogP contribution in [0.25, 0.3) is 0 Å². The average molecular weight is 312 g/mol. The van der Waals surface area contributed by atoms with Gasteiger partial charge in [-0.3, -0.25) is 0 Å². The van der Waals surface area contributed by atoms with E-state index in [-0.39, 0.29) is 6.04 Å². The van der Waals surface area contributed by atoms with Gasteiger partial charge in [-0.15, -0.1) is 0 Å². The van der Waals surface area contributed by atoms with Crippen molar-refractivity contribution in [3.05, 3.63) is 17.6 Å². The number of furan rings is 1. The number of nitrogens with one attached hydrogen (secondary N) is 1. The molecule has 1 aromatic rings. The molecule has 2 fully saturated rings. The molecular formula is C15H24N2O3S. The van der Waals surface area contributed by atoms with Gasteiger partial charge in [-0.1, -0.05) is 6.92 Å². The van der Waals surface area contributed by atoms with Gasteiger partial charge >= 0.3 is 0 Å². The van der Waals surface area contributed by atoms with E-state index in [0.717, 1.165) is 25.8 Å². The second kappa shape index (κ2) is 5.74. The Labute approximate surface area is 126 Å². The molecule has 1 saturated carbocycles. The minimum absolute atomic E-state index is 0.205. The molecule has 2 heterocycles. The normalized spacial score (nSPS) is 25.8. The highest BCUT2D eigenvalue weighted by atomic mass is 32.2. The summed E-state index contributed by atoms with van der Waals surface area (Å²) in [6, 6.07) is 1.90. The first-order valence-corrected chi connectivity index (χ1v) is 9.28. The quantitative estimate of drug-likeness (QED) is 0.819. The molecule has 21 heavy (non-hydrogen) atoms. The van der Waals surface area contributed by atoms with Gasteiger partial charge in [-0.05, 0) is 45.1 Å². The molecule has 1 aliphatic carbocycles. The monoisotopic (exact) mass is 312 g/mol. The van der Waals surface area contributed by atoms with E-state index in [0.29, 0.717) is 35.4 Å².